The van der Waals surface area contributed by atoms with Crippen molar-refractivity contribution in [3.8, 4) is 0 Å². The van der Waals surface area contributed by atoms with Crippen LogP contribution >= 0.6 is 11.6 Å². The molecule has 2 aromatic carbocycles. The predicted molar refractivity (Wildman–Crippen MR) is 113 cm³/mol. The second-order valence-electron chi connectivity index (χ2n) is 6.68. The number of hydrogen-bond donors (Lipinski definition) is 1. The Labute approximate surface area is 180 Å². The first-order valence-corrected chi connectivity index (χ1v) is 9.58. The van der Waals surface area contributed by atoms with E-state index in [4.69, 9.17) is 16.7 Å². The summed E-state index contributed by atoms with van der Waals surface area (Å²) in [5.74, 6) is -1.73. The Morgan fingerprint density at radius 3 is 2.29 bits per heavy atom. The molecule has 1 heterocycles. The van der Waals surface area contributed by atoms with Crippen molar-refractivity contribution in [3.05, 3.63) is 65.2 Å². The van der Waals surface area contributed by atoms with E-state index in [-0.39, 0.29) is 11.3 Å². The van der Waals surface area contributed by atoms with E-state index < -0.39 is 29.3 Å². The van der Waals surface area contributed by atoms with E-state index in [1.807, 2.05) is 11.9 Å². The van der Waals surface area contributed by atoms with Crippen LogP contribution in [-0.4, -0.2) is 48.3 Å². The fourth-order valence-electron chi connectivity index (χ4n) is 2.92. The first-order valence-electron chi connectivity index (χ1n) is 9.04. The van der Waals surface area contributed by atoms with Crippen LogP contribution in [-0.2, 0) is 4.79 Å². The molecule has 0 atom stereocenters. The summed E-state index contributed by atoms with van der Waals surface area (Å²) in [5.41, 5.74) is -0.736. The summed E-state index contributed by atoms with van der Waals surface area (Å²) in [6, 6.07) is 11.4. The number of carboxylic acids is 1. The minimum Gasteiger partial charge on any atom is -0.478 e. The summed E-state index contributed by atoms with van der Waals surface area (Å²) in [6.07, 6.45) is -3.72. The van der Waals surface area contributed by atoms with Gasteiger partial charge in [-0.15, -0.1) is 11.6 Å². The van der Waals surface area contributed by atoms with Crippen LogP contribution in [0.4, 0.5) is 24.5 Å². The molecule has 0 spiro atoms. The highest BCUT2D eigenvalue weighted by Gasteiger charge is 2.46. The molecule has 6 nitrogen and oxygen atoms in total. The topological polar surface area (TPSA) is 73.2 Å². The van der Waals surface area contributed by atoms with Crippen LogP contribution in [0.15, 0.2) is 59.2 Å². The third-order valence-corrected chi connectivity index (χ3v) is 4.74. The van der Waals surface area contributed by atoms with Gasteiger partial charge in [-0.05, 0) is 48.0 Å². The number of benzene rings is 2. The van der Waals surface area contributed by atoms with Crippen molar-refractivity contribution < 1.29 is 27.9 Å². The Kier molecular flexibility index (Phi) is 6.35. The summed E-state index contributed by atoms with van der Waals surface area (Å²) >= 11 is 5.71. The molecule has 1 amide bonds. The normalized spacial score (nSPS) is 15.4. The van der Waals surface area contributed by atoms with Crippen molar-refractivity contribution in [2.24, 2.45) is 5.10 Å². The van der Waals surface area contributed by atoms with E-state index in [0.29, 0.717) is 23.0 Å². The highest BCUT2D eigenvalue weighted by molar-refractivity contribution is 6.34. The maximum Gasteiger partial charge on any atom is 0.435 e. The zero-order chi connectivity index (χ0) is 22.8. The Bertz CT molecular complexity index is 1050. The maximum atomic E-state index is 13.6. The number of hydrazone groups is 1. The van der Waals surface area contributed by atoms with E-state index in [0.717, 1.165) is 11.8 Å². The van der Waals surface area contributed by atoms with Crippen molar-refractivity contribution in [1.82, 2.24) is 0 Å². The molecule has 2 aromatic rings. The average molecular weight is 452 g/mol. The Morgan fingerprint density at radius 1 is 1.16 bits per heavy atom. The zero-order valence-corrected chi connectivity index (χ0v) is 17.0. The molecule has 1 N–H and O–H groups in total. The largest absolute Gasteiger partial charge is 0.478 e. The SMILES string of the molecule is CN(CCCl)c1ccc(C=C2C(=O)N(c3ccc(C(=O)O)cc3)N=C2C(F)(F)F)cc1. The molecule has 0 fully saturated rings. The van der Waals surface area contributed by atoms with Crippen LogP contribution in [0.25, 0.3) is 6.08 Å². The second-order valence-corrected chi connectivity index (χ2v) is 7.05. The lowest BCUT2D eigenvalue weighted by molar-refractivity contribution is -0.114. The van der Waals surface area contributed by atoms with Gasteiger partial charge < -0.3 is 10.0 Å². The van der Waals surface area contributed by atoms with Gasteiger partial charge in [-0.1, -0.05) is 12.1 Å². The van der Waals surface area contributed by atoms with Gasteiger partial charge in [0.15, 0.2) is 5.71 Å². The molecule has 31 heavy (non-hydrogen) atoms. The van der Waals surface area contributed by atoms with Gasteiger partial charge in [-0.3, -0.25) is 4.79 Å². The van der Waals surface area contributed by atoms with Gasteiger partial charge in [0.2, 0.25) is 0 Å². The first-order chi connectivity index (χ1) is 14.6. The van der Waals surface area contributed by atoms with Gasteiger partial charge in [-0.25, -0.2) is 4.79 Å². The summed E-state index contributed by atoms with van der Waals surface area (Å²) in [4.78, 5) is 25.6. The van der Waals surface area contributed by atoms with Gasteiger partial charge >= 0.3 is 12.1 Å². The minimum atomic E-state index is -4.85. The van der Waals surface area contributed by atoms with E-state index in [9.17, 15) is 22.8 Å². The average Bonchev–Trinajstić information content (AvgIpc) is 3.05. The molecule has 1 aliphatic heterocycles. The number of rotatable bonds is 6. The smallest absolute Gasteiger partial charge is 0.435 e. The third-order valence-electron chi connectivity index (χ3n) is 4.57. The van der Waals surface area contributed by atoms with Crippen molar-refractivity contribution in [2.75, 3.05) is 29.4 Å². The molecule has 0 saturated heterocycles. The van der Waals surface area contributed by atoms with Gasteiger partial charge in [0, 0.05) is 25.2 Å². The Morgan fingerprint density at radius 2 is 1.77 bits per heavy atom. The summed E-state index contributed by atoms with van der Waals surface area (Å²) in [7, 11) is 1.83. The molecule has 0 aliphatic carbocycles. The van der Waals surface area contributed by atoms with Crippen molar-refractivity contribution in [3.63, 3.8) is 0 Å². The lowest BCUT2D eigenvalue weighted by Gasteiger charge is -2.17. The van der Waals surface area contributed by atoms with Crippen molar-refractivity contribution >= 4 is 46.6 Å². The molecule has 3 rings (SSSR count). The van der Waals surface area contributed by atoms with Crippen molar-refractivity contribution in [1.29, 1.82) is 0 Å². The van der Waals surface area contributed by atoms with Crippen LogP contribution in [0, 0.1) is 0 Å². The number of nitrogens with zero attached hydrogens (tertiary/aromatic N) is 3. The molecule has 10 heteroatoms. The van der Waals surface area contributed by atoms with Crippen LogP contribution in [0.3, 0.4) is 0 Å². The van der Waals surface area contributed by atoms with E-state index >= 15 is 0 Å². The quantitative estimate of drug-likeness (QED) is 0.521. The molecule has 0 saturated carbocycles. The van der Waals surface area contributed by atoms with Gasteiger partial charge in [0.1, 0.15) is 0 Å². The highest BCUT2D eigenvalue weighted by atomic mass is 35.5. The number of hydrogen-bond acceptors (Lipinski definition) is 4. The molecular formula is C21H17ClF3N3O3. The fraction of sp³-hybridized carbons (Fsp3) is 0.190. The number of alkyl halides is 4. The first kappa shape index (κ1) is 22.4. The van der Waals surface area contributed by atoms with Crippen LogP contribution in [0.2, 0.25) is 0 Å². The summed E-state index contributed by atoms with van der Waals surface area (Å²) < 4.78 is 40.7. The van der Waals surface area contributed by atoms with Crippen molar-refractivity contribution in [2.45, 2.75) is 6.18 Å². The van der Waals surface area contributed by atoms with Crippen LogP contribution < -0.4 is 9.91 Å². The molecule has 0 aromatic heterocycles. The third kappa shape index (κ3) is 4.88. The Hall–Kier alpha value is -3.33. The molecule has 0 bridgehead atoms. The summed E-state index contributed by atoms with van der Waals surface area (Å²) in [6.45, 7) is 0.598. The number of amides is 1. The molecule has 0 unspecified atom stereocenters. The molecule has 162 valence electrons. The van der Waals surface area contributed by atoms with Gasteiger partial charge in [0.25, 0.3) is 5.91 Å². The van der Waals surface area contributed by atoms with Gasteiger partial charge in [0.05, 0.1) is 16.8 Å². The standard InChI is InChI=1S/C21H17ClF3N3O3/c1-27(11-10-22)15-6-2-13(3-7-15)12-17-18(21(23,24)25)26-28(19(17)29)16-8-4-14(5-9-16)20(30)31/h2-9,12H,10-11H2,1H3,(H,30,31). The Balaban J connectivity index is 1.95. The molecule has 0 radical (unpaired) electrons. The monoisotopic (exact) mass is 451 g/mol. The lowest BCUT2D eigenvalue weighted by Crippen LogP contribution is -2.25. The van der Waals surface area contributed by atoms with E-state index in [1.165, 1.54) is 24.3 Å². The number of halogens is 4. The maximum absolute atomic E-state index is 13.6. The number of carboxylic acid groups (broad SMARTS) is 1. The van der Waals surface area contributed by atoms with E-state index in [1.54, 1.807) is 24.3 Å². The van der Waals surface area contributed by atoms with Crippen LogP contribution in [0.1, 0.15) is 15.9 Å². The summed E-state index contributed by atoms with van der Waals surface area (Å²) in [5, 5.41) is 13.0. The number of anilines is 2. The highest BCUT2D eigenvalue weighted by Crippen LogP contribution is 2.33. The fourth-order valence-corrected chi connectivity index (χ4v) is 3.18. The second kappa shape index (κ2) is 8.81. The number of aromatic carboxylic acids is 1. The number of carbonyl (C=O) groups is 2. The zero-order valence-electron chi connectivity index (χ0n) is 16.2. The predicted octanol–water partition coefficient (Wildman–Crippen LogP) is 4.41. The lowest BCUT2D eigenvalue weighted by atomic mass is 10.1. The minimum absolute atomic E-state index is 0.0261. The molecule has 1 aliphatic rings. The van der Waals surface area contributed by atoms with Gasteiger partial charge in [-0.2, -0.15) is 23.3 Å². The number of carbonyl (C=O) groups excluding carboxylic acids is 1. The van der Waals surface area contributed by atoms with E-state index in [2.05, 4.69) is 5.10 Å². The van der Waals surface area contributed by atoms with Crippen LogP contribution in [0.5, 0.6) is 0 Å². The molecular weight excluding hydrogens is 435 g/mol.